The summed E-state index contributed by atoms with van der Waals surface area (Å²) in [6.07, 6.45) is 4.57. The van der Waals surface area contributed by atoms with Crippen molar-refractivity contribution in [3.05, 3.63) is 56.9 Å². The number of aromatic nitrogens is 2. The average molecular weight is 372 g/mol. The van der Waals surface area contributed by atoms with E-state index in [9.17, 15) is 19.2 Å². The van der Waals surface area contributed by atoms with Crippen LogP contribution in [0.15, 0.2) is 40.1 Å². The van der Waals surface area contributed by atoms with Gasteiger partial charge in [-0.05, 0) is 43.5 Å². The fourth-order valence-electron chi connectivity index (χ4n) is 2.88. The topological polar surface area (TPSA) is 124 Å². The zero-order valence-electron chi connectivity index (χ0n) is 14.6. The Morgan fingerprint density at radius 1 is 1.07 bits per heavy atom. The largest absolute Gasteiger partial charge is 0.452 e. The highest BCUT2D eigenvalue weighted by Crippen LogP contribution is 2.21. The average Bonchev–Trinajstić information content (AvgIpc) is 2.67. The molecule has 1 saturated heterocycles. The summed E-state index contributed by atoms with van der Waals surface area (Å²) in [6, 6.07) is 7.45. The first kappa shape index (κ1) is 18.4. The molecule has 0 atom stereocenters. The number of anilines is 2. The van der Waals surface area contributed by atoms with Crippen LogP contribution < -0.4 is 21.5 Å². The Balaban J connectivity index is 1.52. The lowest BCUT2D eigenvalue weighted by molar-refractivity contribution is -0.119. The molecule has 1 aromatic heterocycles. The molecule has 2 heterocycles. The minimum atomic E-state index is -0.997. The molecule has 9 heteroatoms. The van der Waals surface area contributed by atoms with Crippen LogP contribution in [-0.4, -0.2) is 41.5 Å². The van der Waals surface area contributed by atoms with E-state index < -0.39 is 29.7 Å². The van der Waals surface area contributed by atoms with Gasteiger partial charge in [0.1, 0.15) is 5.56 Å². The fourth-order valence-corrected chi connectivity index (χ4v) is 2.88. The predicted octanol–water partition coefficient (Wildman–Crippen LogP) is 0.849. The standard InChI is InChI=1S/C18H20N4O5/c23-15(11-27-17(25)14-10-19-18(26)21-16(14)24)20-12-4-6-13(7-5-12)22-8-2-1-3-9-22/h4-7,10H,1-3,8-9,11H2,(H,20,23)(H2,19,21,24,26). The summed E-state index contributed by atoms with van der Waals surface area (Å²) in [5.41, 5.74) is -0.303. The molecular formula is C18H20N4O5. The van der Waals surface area contributed by atoms with Crippen LogP contribution in [0, 0.1) is 0 Å². The zero-order valence-corrected chi connectivity index (χ0v) is 14.6. The lowest BCUT2D eigenvalue weighted by Gasteiger charge is -2.28. The molecule has 3 rings (SSSR count). The first-order valence-electron chi connectivity index (χ1n) is 8.67. The van der Waals surface area contributed by atoms with Crippen LogP contribution in [0.5, 0.6) is 0 Å². The van der Waals surface area contributed by atoms with Gasteiger partial charge in [0, 0.05) is 30.7 Å². The first-order valence-corrected chi connectivity index (χ1v) is 8.67. The molecule has 1 aliphatic rings. The van der Waals surface area contributed by atoms with Crippen LogP contribution in [0.4, 0.5) is 11.4 Å². The maximum absolute atomic E-state index is 11.9. The number of hydrogen-bond acceptors (Lipinski definition) is 6. The van der Waals surface area contributed by atoms with E-state index >= 15 is 0 Å². The van der Waals surface area contributed by atoms with Gasteiger partial charge in [-0.2, -0.15) is 0 Å². The highest BCUT2D eigenvalue weighted by Gasteiger charge is 2.15. The Labute approximate surface area is 154 Å². The van der Waals surface area contributed by atoms with E-state index in [0.29, 0.717) is 5.69 Å². The third-order valence-electron chi connectivity index (χ3n) is 4.25. The number of benzene rings is 1. The van der Waals surface area contributed by atoms with E-state index in [4.69, 9.17) is 4.74 Å². The number of nitrogens with one attached hydrogen (secondary N) is 3. The predicted molar refractivity (Wildman–Crippen MR) is 99.1 cm³/mol. The minimum Gasteiger partial charge on any atom is -0.452 e. The molecule has 2 aromatic rings. The Morgan fingerprint density at radius 2 is 1.78 bits per heavy atom. The number of ether oxygens (including phenoxy) is 1. The molecule has 0 radical (unpaired) electrons. The molecule has 1 amide bonds. The van der Waals surface area contributed by atoms with E-state index in [1.165, 1.54) is 19.3 Å². The first-order chi connectivity index (χ1) is 13.0. The number of piperidine rings is 1. The number of carbonyl (C=O) groups is 2. The van der Waals surface area contributed by atoms with Crippen molar-refractivity contribution < 1.29 is 14.3 Å². The number of hydrogen-bond donors (Lipinski definition) is 3. The van der Waals surface area contributed by atoms with Crippen molar-refractivity contribution in [2.75, 3.05) is 29.9 Å². The molecule has 142 valence electrons. The van der Waals surface area contributed by atoms with Crippen LogP contribution >= 0.6 is 0 Å². The maximum atomic E-state index is 11.9. The highest BCUT2D eigenvalue weighted by molar-refractivity contribution is 5.95. The summed E-state index contributed by atoms with van der Waals surface area (Å²) in [6.45, 7) is 1.52. The normalized spacial score (nSPS) is 13.9. The molecule has 0 saturated carbocycles. The number of H-pyrrole nitrogens is 2. The van der Waals surface area contributed by atoms with Gasteiger partial charge in [-0.3, -0.25) is 14.6 Å². The molecule has 1 aromatic carbocycles. The Kier molecular flexibility index (Phi) is 5.70. The molecule has 0 spiro atoms. The van der Waals surface area contributed by atoms with Crippen molar-refractivity contribution in [2.45, 2.75) is 19.3 Å². The number of nitrogens with zero attached hydrogens (tertiary/aromatic N) is 1. The summed E-state index contributed by atoms with van der Waals surface area (Å²) in [5, 5.41) is 2.62. The van der Waals surface area contributed by atoms with Crippen molar-refractivity contribution in [1.29, 1.82) is 0 Å². The van der Waals surface area contributed by atoms with Gasteiger partial charge in [-0.1, -0.05) is 0 Å². The number of amides is 1. The summed E-state index contributed by atoms with van der Waals surface area (Å²) in [7, 11) is 0. The van der Waals surface area contributed by atoms with Crippen LogP contribution in [0.25, 0.3) is 0 Å². The second-order valence-corrected chi connectivity index (χ2v) is 6.20. The molecular weight excluding hydrogens is 352 g/mol. The Bertz CT molecular complexity index is 926. The van der Waals surface area contributed by atoms with Crippen molar-refractivity contribution in [1.82, 2.24) is 9.97 Å². The van der Waals surface area contributed by atoms with Crippen molar-refractivity contribution >= 4 is 23.3 Å². The van der Waals surface area contributed by atoms with E-state index in [2.05, 4.69) is 15.2 Å². The van der Waals surface area contributed by atoms with Crippen molar-refractivity contribution in [2.24, 2.45) is 0 Å². The second-order valence-electron chi connectivity index (χ2n) is 6.20. The van der Waals surface area contributed by atoms with Crippen molar-refractivity contribution in [3.8, 4) is 0 Å². The number of aromatic amines is 2. The van der Waals surface area contributed by atoms with Gasteiger partial charge in [0.15, 0.2) is 6.61 Å². The van der Waals surface area contributed by atoms with Crippen LogP contribution in [0.1, 0.15) is 29.6 Å². The van der Waals surface area contributed by atoms with E-state index in [1.807, 2.05) is 17.1 Å². The molecule has 3 N–H and O–H groups in total. The summed E-state index contributed by atoms with van der Waals surface area (Å²) in [4.78, 5) is 52.5. The molecule has 0 bridgehead atoms. The molecule has 0 unspecified atom stereocenters. The van der Waals surface area contributed by atoms with Crippen LogP contribution in [-0.2, 0) is 9.53 Å². The van der Waals surface area contributed by atoms with Gasteiger partial charge in [-0.25, -0.2) is 9.59 Å². The van der Waals surface area contributed by atoms with Crippen molar-refractivity contribution in [3.63, 3.8) is 0 Å². The molecule has 9 nitrogen and oxygen atoms in total. The van der Waals surface area contributed by atoms with Gasteiger partial charge in [0.25, 0.3) is 11.5 Å². The van der Waals surface area contributed by atoms with E-state index in [0.717, 1.165) is 25.0 Å². The monoisotopic (exact) mass is 372 g/mol. The number of rotatable bonds is 5. The van der Waals surface area contributed by atoms with E-state index in [1.54, 1.807) is 12.1 Å². The third-order valence-corrected chi connectivity index (χ3v) is 4.25. The van der Waals surface area contributed by atoms with Gasteiger partial charge >= 0.3 is 11.7 Å². The lowest BCUT2D eigenvalue weighted by Crippen LogP contribution is -2.29. The Hall–Kier alpha value is -3.36. The quantitative estimate of drug-likeness (QED) is 0.669. The van der Waals surface area contributed by atoms with Gasteiger partial charge in [0.05, 0.1) is 0 Å². The van der Waals surface area contributed by atoms with Crippen LogP contribution in [0.3, 0.4) is 0 Å². The van der Waals surface area contributed by atoms with Gasteiger partial charge in [-0.15, -0.1) is 0 Å². The zero-order chi connectivity index (χ0) is 19.2. The summed E-state index contributed by atoms with van der Waals surface area (Å²) < 4.78 is 4.80. The summed E-state index contributed by atoms with van der Waals surface area (Å²) in [5.74, 6) is -1.53. The minimum absolute atomic E-state index is 0.381. The van der Waals surface area contributed by atoms with Gasteiger partial charge < -0.3 is 19.9 Å². The molecule has 1 fully saturated rings. The third kappa shape index (κ3) is 4.84. The summed E-state index contributed by atoms with van der Waals surface area (Å²) >= 11 is 0. The van der Waals surface area contributed by atoms with E-state index in [-0.39, 0.29) is 5.56 Å². The Morgan fingerprint density at radius 3 is 2.44 bits per heavy atom. The van der Waals surface area contributed by atoms with Gasteiger partial charge in [0.2, 0.25) is 0 Å². The second kappa shape index (κ2) is 8.35. The fraction of sp³-hybridized carbons (Fsp3) is 0.333. The molecule has 0 aliphatic carbocycles. The smallest absolute Gasteiger partial charge is 0.345 e. The highest BCUT2D eigenvalue weighted by atomic mass is 16.5. The SMILES string of the molecule is O=C(COC(=O)c1c[nH]c(=O)[nH]c1=O)Nc1ccc(N2CCCCC2)cc1. The van der Waals surface area contributed by atoms with Crippen LogP contribution in [0.2, 0.25) is 0 Å². The molecule has 27 heavy (non-hydrogen) atoms. The number of carbonyl (C=O) groups excluding carboxylic acids is 2. The molecule has 1 aliphatic heterocycles. The lowest BCUT2D eigenvalue weighted by atomic mass is 10.1. The maximum Gasteiger partial charge on any atom is 0.345 e. The number of esters is 1.